The monoisotopic (exact) mass is 388 g/mol. The molecule has 9 heteroatoms. The molecule has 144 valence electrons. The third-order valence-corrected chi connectivity index (χ3v) is 5.94. The molecular weight excluding hydrogens is 364 g/mol. The van der Waals surface area contributed by atoms with Gasteiger partial charge in [0.05, 0.1) is 11.2 Å². The summed E-state index contributed by atoms with van der Waals surface area (Å²) in [6, 6.07) is 0. The number of rotatable bonds is 5. The zero-order chi connectivity index (χ0) is 18.5. The van der Waals surface area contributed by atoms with Crippen LogP contribution in [0.5, 0.6) is 5.88 Å². The number of nitrogens with zero attached hydrogens (tertiary/aromatic N) is 3. The zero-order valence-electron chi connectivity index (χ0n) is 15.1. The Labute approximate surface area is 162 Å². The maximum atomic E-state index is 12.7. The normalized spacial score (nSPS) is 19.0. The Morgan fingerprint density at radius 1 is 1.15 bits per heavy atom. The first-order valence-electron chi connectivity index (χ1n) is 9.44. The van der Waals surface area contributed by atoms with Gasteiger partial charge in [0.2, 0.25) is 5.88 Å². The second-order valence-corrected chi connectivity index (χ2v) is 7.75. The molecule has 4 heterocycles. The predicted molar refractivity (Wildman–Crippen MR) is 103 cm³/mol. The highest BCUT2D eigenvalue weighted by Crippen LogP contribution is 2.29. The van der Waals surface area contributed by atoms with Gasteiger partial charge >= 0.3 is 0 Å². The van der Waals surface area contributed by atoms with Crippen molar-refractivity contribution < 1.29 is 9.53 Å². The lowest BCUT2D eigenvalue weighted by molar-refractivity contribution is 0.102. The van der Waals surface area contributed by atoms with Crippen molar-refractivity contribution in [2.24, 2.45) is 0 Å². The summed E-state index contributed by atoms with van der Waals surface area (Å²) >= 11 is 1.56. The Morgan fingerprint density at radius 3 is 2.67 bits per heavy atom. The van der Waals surface area contributed by atoms with Crippen LogP contribution in [0.3, 0.4) is 0 Å². The summed E-state index contributed by atoms with van der Waals surface area (Å²) in [5.41, 5.74) is 0.919. The molecule has 0 unspecified atom stereocenters. The van der Waals surface area contributed by atoms with E-state index in [0.29, 0.717) is 23.2 Å². The average molecular weight is 388 g/mol. The summed E-state index contributed by atoms with van der Waals surface area (Å²) in [6.07, 6.45) is 7.07. The highest BCUT2D eigenvalue weighted by atomic mass is 32.1. The number of carbonyl (C=O) groups excluding carboxylic acids is 1. The van der Waals surface area contributed by atoms with Crippen LogP contribution < -0.4 is 20.7 Å². The van der Waals surface area contributed by atoms with E-state index in [2.05, 4.69) is 30.9 Å². The molecule has 2 saturated heterocycles. The van der Waals surface area contributed by atoms with E-state index in [4.69, 9.17) is 4.74 Å². The van der Waals surface area contributed by atoms with Crippen LogP contribution in [0.2, 0.25) is 0 Å². The van der Waals surface area contributed by atoms with Gasteiger partial charge in [0.25, 0.3) is 5.91 Å². The molecule has 0 aromatic carbocycles. The molecule has 3 N–H and O–H groups in total. The minimum atomic E-state index is -0.253. The largest absolute Gasteiger partial charge is 0.473 e. The Bertz CT molecular complexity index is 771. The van der Waals surface area contributed by atoms with Crippen LogP contribution >= 0.6 is 11.3 Å². The molecule has 0 saturated carbocycles. The second kappa shape index (κ2) is 8.73. The van der Waals surface area contributed by atoms with Gasteiger partial charge in [-0.1, -0.05) is 0 Å². The number of ether oxygens (including phenoxy) is 1. The minimum absolute atomic E-state index is 0.0996. The summed E-state index contributed by atoms with van der Waals surface area (Å²) in [6.45, 7) is 3.86. The van der Waals surface area contributed by atoms with E-state index in [-0.39, 0.29) is 12.0 Å². The highest BCUT2D eigenvalue weighted by Gasteiger charge is 2.22. The highest BCUT2D eigenvalue weighted by molar-refractivity contribution is 7.09. The topological polar surface area (TPSA) is 101 Å². The van der Waals surface area contributed by atoms with Gasteiger partial charge in [-0.15, -0.1) is 11.3 Å². The Kier molecular flexibility index (Phi) is 5.90. The molecular formula is C18H24N6O2S. The smallest absolute Gasteiger partial charge is 0.275 e. The van der Waals surface area contributed by atoms with Crippen molar-refractivity contribution in [3.8, 4) is 5.88 Å². The zero-order valence-corrected chi connectivity index (χ0v) is 15.9. The fraction of sp³-hybridized carbons (Fsp3) is 0.556. The molecule has 2 fully saturated rings. The van der Waals surface area contributed by atoms with Crippen LogP contribution in [0.25, 0.3) is 0 Å². The van der Waals surface area contributed by atoms with Gasteiger partial charge in [-0.2, -0.15) is 4.98 Å². The van der Waals surface area contributed by atoms with Crippen LogP contribution in [-0.4, -0.2) is 53.1 Å². The molecule has 0 aliphatic carbocycles. The lowest BCUT2D eigenvalue weighted by Gasteiger charge is -2.24. The third-order valence-electron chi connectivity index (χ3n) is 4.93. The average Bonchev–Trinajstić information content (AvgIpc) is 3.21. The first-order valence-corrected chi connectivity index (χ1v) is 10.3. The Balaban J connectivity index is 1.42. The van der Waals surface area contributed by atoms with Crippen molar-refractivity contribution in [3.63, 3.8) is 0 Å². The molecule has 1 amide bonds. The summed E-state index contributed by atoms with van der Waals surface area (Å²) in [4.78, 5) is 25.4. The summed E-state index contributed by atoms with van der Waals surface area (Å²) in [5, 5.41) is 12.4. The number of thiazole rings is 1. The number of aromatic nitrogens is 3. The molecule has 0 bridgehead atoms. The van der Waals surface area contributed by atoms with Gasteiger partial charge < -0.3 is 20.7 Å². The summed E-state index contributed by atoms with van der Waals surface area (Å²) in [7, 11) is 0. The van der Waals surface area contributed by atoms with E-state index in [0.717, 1.165) is 56.9 Å². The molecule has 2 aliphatic rings. The molecule has 0 atom stereocenters. The van der Waals surface area contributed by atoms with Crippen molar-refractivity contribution in [1.82, 2.24) is 25.6 Å². The van der Waals surface area contributed by atoms with Crippen molar-refractivity contribution in [2.75, 3.05) is 31.5 Å². The van der Waals surface area contributed by atoms with Gasteiger partial charge in [-0.3, -0.25) is 4.79 Å². The third kappa shape index (κ3) is 4.60. The number of anilines is 1. The van der Waals surface area contributed by atoms with Gasteiger partial charge in [-0.25, -0.2) is 9.97 Å². The number of amides is 1. The SMILES string of the molecule is O=C(Nc1cncnc1OC1CCNCC1)c1csc(C2CCNCC2)n1. The van der Waals surface area contributed by atoms with Crippen LogP contribution in [0.1, 0.15) is 47.1 Å². The fourth-order valence-electron chi connectivity index (χ4n) is 3.40. The van der Waals surface area contributed by atoms with Gasteiger partial charge in [0.1, 0.15) is 23.8 Å². The van der Waals surface area contributed by atoms with Crippen LogP contribution in [0.15, 0.2) is 17.9 Å². The van der Waals surface area contributed by atoms with E-state index < -0.39 is 0 Å². The van der Waals surface area contributed by atoms with Crippen LogP contribution in [0, 0.1) is 0 Å². The standard InChI is InChI=1S/C18H24N6O2S/c25-16(15-10-27-18(24-15)12-1-5-19-6-2-12)23-14-9-21-11-22-17(14)26-13-3-7-20-8-4-13/h9-13,19-20H,1-8H2,(H,23,25). The number of piperidine rings is 2. The van der Waals surface area contributed by atoms with E-state index in [1.165, 1.54) is 6.33 Å². The number of hydrogen-bond donors (Lipinski definition) is 3. The number of carbonyl (C=O) groups is 1. The molecule has 2 aromatic heterocycles. The Hall–Kier alpha value is -2.10. The van der Waals surface area contributed by atoms with Crippen molar-refractivity contribution in [1.29, 1.82) is 0 Å². The molecule has 2 aliphatic heterocycles. The van der Waals surface area contributed by atoms with Gasteiger partial charge in [0.15, 0.2) is 0 Å². The maximum Gasteiger partial charge on any atom is 0.275 e. The fourth-order valence-corrected chi connectivity index (χ4v) is 4.38. The van der Waals surface area contributed by atoms with E-state index in [1.807, 2.05) is 5.38 Å². The lowest BCUT2D eigenvalue weighted by Crippen LogP contribution is -2.34. The first kappa shape index (κ1) is 18.3. The summed E-state index contributed by atoms with van der Waals surface area (Å²) < 4.78 is 5.99. The van der Waals surface area contributed by atoms with Gasteiger partial charge in [-0.05, 0) is 51.9 Å². The van der Waals surface area contributed by atoms with Gasteiger partial charge in [0, 0.05) is 11.3 Å². The van der Waals surface area contributed by atoms with Crippen LogP contribution in [0.4, 0.5) is 5.69 Å². The van der Waals surface area contributed by atoms with Crippen LogP contribution in [-0.2, 0) is 0 Å². The number of hydrogen-bond acceptors (Lipinski definition) is 8. The van der Waals surface area contributed by atoms with E-state index >= 15 is 0 Å². The number of nitrogens with one attached hydrogen (secondary N) is 3. The maximum absolute atomic E-state index is 12.7. The molecule has 4 rings (SSSR count). The molecule has 0 radical (unpaired) electrons. The van der Waals surface area contributed by atoms with E-state index in [1.54, 1.807) is 17.5 Å². The van der Waals surface area contributed by atoms with Crippen molar-refractivity contribution in [3.05, 3.63) is 28.6 Å². The predicted octanol–water partition coefficient (Wildman–Crippen LogP) is 1.78. The molecule has 2 aromatic rings. The minimum Gasteiger partial charge on any atom is -0.473 e. The van der Waals surface area contributed by atoms with Crippen molar-refractivity contribution >= 4 is 22.9 Å². The first-order chi connectivity index (χ1) is 13.3. The quantitative estimate of drug-likeness (QED) is 0.718. The van der Waals surface area contributed by atoms with Crippen molar-refractivity contribution in [2.45, 2.75) is 37.7 Å². The molecule has 0 spiro atoms. The Morgan fingerprint density at radius 2 is 1.89 bits per heavy atom. The molecule has 8 nitrogen and oxygen atoms in total. The molecule has 27 heavy (non-hydrogen) atoms. The lowest BCUT2D eigenvalue weighted by atomic mass is 9.99. The van der Waals surface area contributed by atoms with E-state index in [9.17, 15) is 4.79 Å². The second-order valence-electron chi connectivity index (χ2n) is 6.86. The summed E-state index contributed by atoms with van der Waals surface area (Å²) in [5.74, 6) is 0.604.